The van der Waals surface area contributed by atoms with Gasteiger partial charge in [-0.2, -0.15) is 5.26 Å². The number of aliphatic hydroxyl groups excluding tert-OH is 1. The molecule has 62 valence electrons. The van der Waals surface area contributed by atoms with Crippen LogP contribution in [0.3, 0.4) is 0 Å². The van der Waals surface area contributed by atoms with Gasteiger partial charge in [0, 0.05) is 6.42 Å². The van der Waals surface area contributed by atoms with E-state index in [9.17, 15) is 5.11 Å². The molecule has 1 N–H and O–H groups in total. The normalized spacial score (nSPS) is 12.0. The Morgan fingerprint density at radius 1 is 1.33 bits per heavy atom. The van der Waals surface area contributed by atoms with Gasteiger partial charge < -0.3 is 5.11 Å². The SMILES string of the molecule is N#CCC[C@H](O)c1ccccc1. The van der Waals surface area contributed by atoms with Gasteiger partial charge in [-0.1, -0.05) is 30.3 Å². The Morgan fingerprint density at radius 2 is 2.00 bits per heavy atom. The highest BCUT2D eigenvalue weighted by atomic mass is 16.3. The molecule has 0 heterocycles. The highest BCUT2D eigenvalue weighted by Gasteiger charge is 2.04. The summed E-state index contributed by atoms with van der Waals surface area (Å²) in [5.74, 6) is 0. The highest BCUT2D eigenvalue weighted by Crippen LogP contribution is 2.16. The van der Waals surface area contributed by atoms with Crippen LogP contribution in [0.2, 0.25) is 0 Å². The van der Waals surface area contributed by atoms with Crippen molar-refractivity contribution in [3.05, 3.63) is 35.9 Å². The van der Waals surface area contributed by atoms with Gasteiger partial charge in [0.15, 0.2) is 0 Å². The minimum Gasteiger partial charge on any atom is -0.388 e. The van der Waals surface area contributed by atoms with Crippen molar-refractivity contribution in [2.75, 3.05) is 0 Å². The van der Waals surface area contributed by atoms with Gasteiger partial charge in [0.25, 0.3) is 0 Å². The van der Waals surface area contributed by atoms with Gasteiger partial charge >= 0.3 is 0 Å². The van der Waals surface area contributed by atoms with Gasteiger partial charge in [-0.15, -0.1) is 0 Å². The second-order valence-electron chi connectivity index (χ2n) is 2.62. The van der Waals surface area contributed by atoms with Crippen molar-refractivity contribution in [2.45, 2.75) is 18.9 Å². The smallest absolute Gasteiger partial charge is 0.0799 e. The summed E-state index contributed by atoms with van der Waals surface area (Å²) in [6.45, 7) is 0. The topological polar surface area (TPSA) is 44.0 Å². The summed E-state index contributed by atoms with van der Waals surface area (Å²) in [6, 6.07) is 11.4. The largest absolute Gasteiger partial charge is 0.388 e. The van der Waals surface area contributed by atoms with E-state index >= 15 is 0 Å². The van der Waals surface area contributed by atoms with E-state index in [1.165, 1.54) is 0 Å². The van der Waals surface area contributed by atoms with Crippen molar-refractivity contribution < 1.29 is 5.11 Å². The summed E-state index contributed by atoms with van der Waals surface area (Å²) in [7, 11) is 0. The van der Waals surface area contributed by atoms with Crippen LogP contribution in [0.4, 0.5) is 0 Å². The molecule has 1 rings (SSSR count). The number of benzene rings is 1. The van der Waals surface area contributed by atoms with Crippen LogP contribution in [-0.4, -0.2) is 5.11 Å². The van der Waals surface area contributed by atoms with Crippen LogP contribution >= 0.6 is 0 Å². The molecule has 12 heavy (non-hydrogen) atoms. The van der Waals surface area contributed by atoms with Gasteiger partial charge in [0.05, 0.1) is 12.2 Å². The molecule has 2 nitrogen and oxygen atoms in total. The first-order valence-electron chi connectivity index (χ1n) is 3.94. The lowest BCUT2D eigenvalue weighted by Gasteiger charge is -2.07. The zero-order valence-electron chi connectivity index (χ0n) is 6.77. The third kappa shape index (κ3) is 2.37. The summed E-state index contributed by atoms with van der Waals surface area (Å²) >= 11 is 0. The van der Waals surface area contributed by atoms with Crippen molar-refractivity contribution >= 4 is 0 Å². The Morgan fingerprint density at radius 3 is 2.58 bits per heavy atom. The molecular formula is C10H11NO. The number of hydrogen-bond acceptors (Lipinski definition) is 2. The van der Waals surface area contributed by atoms with Gasteiger partial charge in [-0.25, -0.2) is 0 Å². The van der Waals surface area contributed by atoms with E-state index in [2.05, 4.69) is 0 Å². The predicted octanol–water partition coefficient (Wildman–Crippen LogP) is 2.02. The maximum Gasteiger partial charge on any atom is 0.0799 e. The molecule has 0 aliphatic heterocycles. The third-order valence-corrected chi connectivity index (χ3v) is 1.71. The van der Waals surface area contributed by atoms with Crippen LogP contribution in [0.15, 0.2) is 30.3 Å². The van der Waals surface area contributed by atoms with Crippen LogP contribution in [-0.2, 0) is 0 Å². The Kier molecular flexibility index (Phi) is 3.31. The molecule has 0 amide bonds. The van der Waals surface area contributed by atoms with E-state index in [-0.39, 0.29) is 0 Å². The monoisotopic (exact) mass is 161 g/mol. The average Bonchev–Trinajstić information content (AvgIpc) is 2.15. The summed E-state index contributed by atoms with van der Waals surface area (Å²) in [6.07, 6.45) is 0.419. The summed E-state index contributed by atoms with van der Waals surface area (Å²) < 4.78 is 0. The van der Waals surface area contributed by atoms with Crippen molar-refractivity contribution in [3.8, 4) is 6.07 Å². The summed E-state index contributed by atoms with van der Waals surface area (Å²) in [4.78, 5) is 0. The number of hydrogen-bond donors (Lipinski definition) is 1. The second kappa shape index (κ2) is 4.53. The molecule has 0 saturated carbocycles. The molecule has 0 spiro atoms. The molecule has 2 heteroatoms. The van der Waals surface area contributed by atoms with Crippen LogP contribution in [0.25, 0.3) is 0 Å². The first kappa shape index (κ1) is 8.76. The lowest BCUT2D eigenvalue weighted by molar-refractivity contribution is 0.169. The van der Waals surface area contributed by atoms with E-state index in [4.69, 9.17) is 5.26 Å². The first-order chi connectivity index (χ1) is 5.84. The van der Waals surface area contributed by atoms with Crippen LogP contribution in [0.5, 0.6) is 0 Å². The Labute approximate surface area is 72.1 Å². The fourth-order valence-electron chi connectivity index (χ4n) is 1.04. The van der Waals surface area contributed by atoms with Gasteiger partial charge in [-0.05, 0) is 12.0 Å². The Bertz CT molecular complexity index is 263. The number of aliphatic hydroxyl groups is 1. The molecule has 0 aliphatic rings. The molecule has 0 aromatic heterocycles. The van der Waals surface area contributed by atoms with E-state index in [1.807, 2.05) is 36.4 Å². The van der Waals surface area contributed by atoms with Crippen LogP contribution in [0.1, 0.15) is 24.5 Å². The first-order valence-corrected chi connectivity index (χ1v) is 3.94. The zero-order chi connectivity index (χ0) is 8.81. The Balaban J connectivity index is 2.55. The quantitative estimate of drug-likeness (QED) is 0.737. The molecule has 0 saturated heterocycles. The minimum absolute atomic E-state index is 0.399. The molecule has 0 unspecified atom stereocenters. The van der Waals surface area contributed by atoms with Crippen molar-refractivity contribution in [3.63, 3.8) is 0 Å². The van der Waals surface area contributed by atoms with Crippen LogP contribution < -0.4 is 0 Å². The molecular weight excluding hydrogens is 150 g/mol. The Hall–Kier alpha value is -1.33. The number of rotatable bonds is 3. The molecule has 1 atom stereocenters. The van der Waals surface area contributed by atoms with E-state index in [0.29, 0.717) is 12.8 Å². The molecule has 1 aromatic carbocycles. The van der Waals surface area contributed by atoms with Crippen molar-refractivity contribution in [2.24, 2.45) is 0 Å². The molecule has 0 radical (unpaired) electrons. The van der Waals surface area contributed by atoms with Gasteiger partial charge in [0.2, 0.25) is 0 Å². The third-order valence-electron chi connectivity index (χ3n) is 1.71. The second-order valence-corrected chi connectivity index (χ2v) is 2.62. The fourth-order valence-corrected chi connectivity index (χ4v) is 1.04. The fraction of sp³-hybridized carbons (Fsp3) is 0.300. The maximum atomic E-state index is 9.50. The standard InChI is InChI=1S/C10H11NO/c11-8-4-7-10(12)9-5-2-1-3-6-9/h1-3,5-6,10,12H,4,7H2/t10-/m0/s1. The van der Waals surface area contributed by atoms with E-state index in [1.54, 1.807) is 0 Å². The highest BCUT2D eigenvalue weighted by molar-refractivity contribution is 5.17. The van der Waals surface area contributed by atoms with Gasteiger partial charge in [0.1, 0.15) is 0 Å². The van der Waals surface area contributed by atoms with Gasteiger partial charge in [-0.3, -0.25) is 0 Å². The zero-order valence-corrected chi connectivity index (χ0v) is 6.77. The summed E-state index contributed by atoms with van der Waals surface area (Å²) in [5.41, 5.74) is 0.882. The van der Waals surface area contributed by atoms with Crippen molar-refractivity contribution in [1.29, 1.82) is 5.26 Å². The molecule has 1 aromatic rings. The van der Waals surface area contributed by atoms with E-state index in [0.717, 1.165) is 5.56 Å². The predicted molar refractivity (Wildman–Crippen MR) is 46.2 cm³/mol. The van der Waals surface area contributed by atoms with Crippen molar-refractivity contribution in [1.82, 2.24) is 0 Å². The maximum absolute atomic E-state index is 9.50. The lowest BCUT2D eigenvalue weighted by Crippen LogP contribution is -1.95. The van der Waals surface area contributed by atoms with E-state index < -0.39 is 6.10 Å². The molecule has 0 aliphatic carbocycles. The minimum atomic E-state index is -0.495. The lowest BCUT2D eigenvalue weighted by atomic mass is 10.1. The molecule has 0 bridgehead atoms. The number of nitrogens with zero attached hydrogens (tertiary/aromatic N) is 1. The van der Waals surface area contributed by atoms with Crippen LogP contribution in [0, 0.1) is 11.3 Å². The molecule has 0 fully saturated rings. The number of nitriles is 1. The summed E-state index contributed by atoms with van der Waals surface area (Å²) in [5, 5.41) is 17.8. The average molecular weight is 161 g/mol.